The fourth-order valence-electron chi connectivity index (χ4n) is 3.17. The van der Waals surface area contributed by atoms with E-state index >= 15 is 0 Å². The van der Waals surface area contributed by atoms with E-state index in [9.17, 15) is 9.59 Å². The number of ketones is 1. The van der Waals surface area contributed by atoms with Crippen LogP contribution in [0.3, 0.4) is 0 Å². The summed E-state index contributed by atoms with van der Waals surface area (Å²) in [5.41, 5.74) is 3.45. The van der Waals surface area contributed by atoms with E-state index in [1.54, 1.807) is 12.3 Å². The second-order valence-corrected chi connectivity index (χ2v) is 6.24. The zero-order chi connectivity index (χ0) is 18.6. The Morgan fingerprint density at radius 3 is 2.63 bits per heavy atom. The first kappa shape index (κ1) is 17.1. The van der Waals surface area contributed by atoms with Crippen molar-refractivity contribution in [1.29, 1.82) is 0 Å². The molecule has 2 heterocycles. The lowest BCUT2D eigenvalue weighted by molar-refractivity contribution is -0.104. The van der Waals surface area contributed by atoms with Gasteiger partial charge in [0.25, 0.3) is 0 Å². The normalized spacial score (nSPS) is 14.1. The average molecular weight is 362 g/mol. The number of nitrogens with one attached hydrogen (secondary N) is 1. The smallest absolute Gasteiger partial charge is 0.227 e. The molecule has 2 aromatic carbocycles. The lowest BCUT2D eigenvalue weighted by atomic mass is 10.1. The average Bonchev–Trinajstić information content (AvgIpc) is 2.74. The van der Waals surface area contributed by atoms with Crippen LogP contribution >= 0.6 is 0 Å². The lowest BCUT2D eigenvalue weighted by Gasteiger charge is -2.29. The molecule has 1 saturated heterocycles. The molecule has 0 bridgehead atoms. The molecule has 1 aliphatic rings. The Hall–Kier alpha value is -3.32. The second kappa shape index (κ2) is 7.51. The van der Waals surface area contributed by atoms with Gasteiger partial charge in [-0.3, -0.25) is 9.59 Å². The summed E-state index contributed by atoms with van der Waals surface area (Å²) in [6.07, 6.45) is 3.29. The molecule has 136 valence electrons. The summed E-state index contributed by atoms with van der Waals surface area (Å²) in [5, 5.41) is 3.97. The topological polar surface area (TPSA) is 84.4 Å². The standard InChI is InChI=1S/C20H18N4O3/c25-12-19(26)18-10-16(9-14-11-21-13-22-20(14)18)23-15-1-3-17(4-2-15)24-5-7-27-8-6-24/h1-4,9-13,23H,5-8H2. The van der Waals surface area contributed by atoms with E-state index in [0.29, 0.717) is 22.9 Å². The van der Waals surface area contributed by atoms with Gasteiger partial charge in [0.1, 0.15) is 6.33 Å². The highest BCUT2D eigenvalue weighted by atomic mass is 16.5. The minimum Gasteiger partial charge on any atom is -0.378 e. The number of rotatable bonds is 5. The fourth-order valence-corrected chi connectivity index (χ4v) is 3.17. The number of fused-ring (bicyclic) bond motifs is 1. The van der Waals surface area contributed by atoms with Crippen LogP contribution < -0.4 is 10.2 Å². The minimum atomic E-state index is -0.606. The number of carbonyl (C=O) groups excluding carboxylic acids is 2. The molecule has 3 aromatic rings. The van der Waals surface area contributed by atoms with Gasteiger partial charge < -0.3 is 15.0 Å². The summed E-state index contributed by atoms with van der Waals surface area (Å²) in [6, 6.07) is 11.6. The largest absolute Gasteiger partial charge is 0.378 e. The zero-order valence-corrected chi connectivity index (χ0v) is 14.6. The molecule has 0 saturated carbocycles. The first-order chi connectivity index (χ1) is 13.2. The Morgan fingerprint density at radius 2 is 1.89 bits per heavy atom. The van der Waals surface area contributed by atoms with Gasteiger partial charge in [0.05, 0.1) is 24.3 Å². The maximum atomic E-state index is 12.0. The van der Waals surface area contributed by atoms with Crippen LogP contribution in [0.2, 0.25) is 0 Å². The molecular formula is C20H18N4O3. The van der Waals surface area contributed by atoms with Gasteiger partial charge in [-0.2, -0.15) is 0 Å². The highest BCUT2D eigenvalue weighted by Gasteiger charge is 2.13. The van der Waals surface area contributed by atoms with Crippen LogP contribution in [0.4, 0.5) is 17.1 Å². The van der Waals surface area contributed by atoms with Gasteiger partial charge in [0, 0.05) is 41.7 Å². The van der Waals surface area contributed by atoms with E-state index < -0.39 is 5.78 Å². The lowest BCUT2D eigenvalue weighted by Crippen LogP contribution is -2.36. The van der Waals surface area contributed by atoms with Crippen molar-refractivity contribution in [1.82, 2.24) is 9.97 Å². The molecule has 0 amide bonds. The number of hydrogen-bond donors (Lipinski definition) is 1. The number of anilines is 3. The number of carbonyl (C=O) groups is 2. The predicted octanol–water partition coefficient (Wildman–Crippen LogP) is 2.59. The number of Topliss-reactive ketones (excluding diaryl/α,β-unsaturated/α-hetero) is 1. The third-order valence-corrected chi connectivity index (χ3v) is 4.51. The SMILES string of the molecule is O=CC(=O)c1cc(Nc2ccc(N3CCOCC3)cc2)cc2cncnc12. The zero-order valence-electron chi connectivity index (χ0n) is 14.6. The van der Waals surface area contributed by atoms with Gasteiger partial charge in [-0.05, 0) is 36.4 Å². The van der Waals surface area contributed by atoms with Crippen LogP contribution in [0, 0.1) is 0 Å². The summed E-state index contributed by atoms with van der Waals surface area (Å²) in [4.78, 5) is 33.4. The molecule has 1 N–H and O–H groups in total. The first-order valence-corrected chi connectivity index (χ1v) is 8.67. The van der Waals surface area contributed by atoms with Crippen LogP contribution in [0.15, 0.2) is 48.9 Å². The molecule has 0 spiro atoms. The first-order valence-electron chi connectivity index (χ1n) is 8.67. The van der Waals surface area contributed by atoms with Gasteiger partial charge in [0.15, 0.2) is 6.29 Å². The highest BCUT2D eigenvalue weighted by Crippen LogP contribution is 2.26. The predicted molar refractivity (Wildman–Crippen MR) is 103 cm³/mol. The van der Waals surface area contributed by atoms with Crippen molar-refractivity contribution in [3.63, 3.8) is 0 Å². The van der Waals surface area contributed by atoms with Crippen LogP contribution in [0.1, 0.15) is 10.4 Å². The van der Waals surface area contributed by atoms with Crippen molar-refractivity contribution >= 4 is 40.0 Å². The number of nitrogens with zero attached hydrogens (tertiary/aromatic N) is 3. The number of benzene rings is 2. The number of morpholine rings is 1. The Kier molecular flexibility index (Phi) is 4.76. The van der Waals surface area contributed by atoms with Crippen LogP contribution in [-0.2, 0) is 9.53 Å². The summed E-state index contributed by atoms with van der Waals surface area (Å²) in [7, 11) is 0. The van der Waals surface area contributed by atoms with Crippen molar-refractivity contribution in [3.05, 3.63) is 54.5 Å². The van der Waals surface area contributed by atoms with Crippen molar-refractivity contribution in [3.8, 4) is 0 Å². The van der Waals surface area contributed by atoms with Crippen molar-refractivity contribution < 1.29 is 14.3 Å². The van der Waals surface area contributed by atoms with Gasteiger partial charge >= 0.3 is 0 Å². The third kappa shape index (κ3) is 3.63. The van der Waals surface area contributed by atoms with E-state index in [1.807, 2.05) is 18.2 Å². The molecule has 4 rings (SSSR count). The maximum absolute atomic E-state index is 12.0. The number of aromatic nitrogens is 2. The number of ether oxygens (including phenoxy) is 1. The van der Waals surface area contributed by atoms with Crippen LogP contribution in [-0.4, -0.2) is 48.3 Å². The molecule has 0 unspecified atom stereocenters. The minimum absolute atomic E-state index is 0.261. The molecule has 1 aliphatic heterocycles. The van der Waals surface area contributed by atoms with Gasteiger partial charge in [-0.15, -0.1) is 0 Å². The van der Waals surface area contributed by atoms with E-state index in [1.165, 1.54) is 6.33 Å². The number of hydrogen-bond acceptors (Lipinski definition) is 7. The fraction of sp³-hybridized carbons (Fsp3) is 0.200. The van der Waals surface area contributed by atoms with E-state index in [-0.39, 0.29) is 5.56 Å². The van der Waals surface area contributed by atoms with Crippen molar-refractivity contribution in [2.45, 2.75) is 0 Å². The van der Waals surface area contributed by atoms with Gasteiger partial charge in [-0.25, -0.2) is 9.97 Å². The summed E-state index contributed by atoms with van der Waals surface area (Å²) in [5.74, 6) is -0.606. The van der Waals surface area contributed by atoms with Crippen molar-refractivity contribution in [2.75, 3.05) is 36.5 Å². The Morgan fingerprint density at radius 1 is 1.11 bits per heavy atom. The molecule has 0 atom stereocenters. The molecule has 0 radical (unpaired) electrons. The molecule has 1 aromatic heterocycles. The Labute approximate surface area is 156 Å². The summed E-state index contributed by atoms with van der Waals surface area (Å²) >= 11 is 0. The molecule has 1 fully saturated rings. The van der Waals surface area contributed by atoms with Crippen LogP contribution in [0.25, 0.3) is 10.9 Å². The third-order valence-electron chi connectivity index (χ3n) is 4.51. The molecule has 0 aliphatic carbocycles. The van der Waals surface area contributed by atoms with Crippen molar-refractivity contribution in [2.24, 2.45) is 0 Å². The highest BCUT2D eigenvalue weighted by molar-refractivity contribution is 6.36. The van der Waals surface area contributed by atoms with Crippen LogP contribution in [0.5, 0.6) is 0 Å². The van der Waals surface area contributed by atoms with E-state index in [0.717, 1.165) is 37.7 Å². The second-order valence-electron chi connectivity index (χ2n) is 6.24. The molecule has 7 nitrogen and oxygen atoms in total. The molecule has 7 heteroatoms. The van der Waals surface area contributed by atoms with Gasteiger partial charge in [-0.1, -0.05) is 0 Å². The quantitative estimate of drug-likeness (QED) is 0.424. The van der Waals surface area contributed by atoms with Gasteiger partial charge in [0.2, 0.25) is 5.78 Å². The Balaban J connectivity index is 1.61. The summed E-state index contributed by atoms with van der Waals surface area (Å²) in [6.45, 7) is 3.25. The van der Waals surface area contributed by atoms with E-state index in [4.69, 9.17) is 4.74 Å². The monoisotopic (exact) mass is 362 g/mol. The maximum Gasteiger partial charge on any atom is 0.227 e. The van der Waals surface area contributed by atoms with E-state index in [2.05, 4.69) is 32.3 Å². The molecular weight excluding hydrogens is 344 g/mol. The number of aldehydes is 1. The molecule has 27 heavy (non-hydrogen) atoms. The Bertz CT molecular complexity index is 982. The summed E-state index contributed by atoms with van der Waals surface area (Å²) < 4.78 is 5.38.